The normalized spacial score (nSPS) is 18.4. The number of methoxy groups -OCH3 is 1. The molecular weight excluding hydrogens is 312 g/mol. The van der Waals surface area contributed by atoms with E-state index >= 15 is 0 Å². The molecule has 0 saturated carbocycles. The van der Waals surface area contributed by atoms with Crippen LogP contribution in [0.4, 0.5) is 5.69 Å². The lowest BCUT2D eigenvalue weighted by molar-refractivity contribution is -0.144. The molecule has 1 fully saturated rings. The van der Waals surface area contributed by atoms with E-state index in [4.69, 9.17) is 34.3 Å². The fourth-order valence-corrected chi connectivity index (χ4v) is 2.89. The van der Waals surface area contributed by atoms with Crippen molar-refractivity contribution in [2.24, 2.45) is 5.73 Å². The fraction of sp³-hybridized carbons (Fsp3) is 0.429. The standard InChI is InChI=1S/C14H17ClN2O3S/c1-19-12(18)7-9-8-17(5-6-20-9)11-4-2-3-10(15)13(11)14(16)21/h2-4,9H,5-8H2,1H3,(H2,16,21). The summed E-state index contributed by atoms with van der Waals surface area (Å²) in [7, 11) is 1.37. The zero-order valence-corrected chi connectivity index (χ0v) is 13.2. The molecule has 0 spiro atoms. The van der Waals surface area contributed by atoms with Crippen LogP contribution >= 0.6 is 23.8 Å². The van der Waals surface area contributed by atoms with Crippen LogP contribution in [0.1, 0.15) is 12.0 Å². The molecule has 1 saturated heterocycles. The highest BCUT2D eigenvalue weighted by atomic mass is 35.5. The molecule has 1 aromatic carbocycles. The Kier molecular flexibility index (Phi) is 5.39. The molecule has 2 N–H and O–H groups in total. The van der Waals surface area contributed by atoms with Crippen LogP contribution in [0, 0.1) is 0 Å². The van der Waals surface area contributed by atoms with Gasteiger partial charge in [-0.2, -0.15) is 0 Å². The van der Waals surface area contributed by atoms with Gasteiger partial charge in [-0.1, -0.05) is 29.9 Å². The molecule has 5 nitrogen and oxygen atoms in total. The maximum Gasteiger partial charge on any atom is 0.308 e. The van der Waals surface area contributed by atoms with Crippen LogP contribution in [0.5, 0.6) is 0 Å². The number of morpholine rings is 1. The van der Waals surface area contributed by atoms with E-state index in [2.05, 4.69) is 9.64 Å². The van der Waals surface area contributed by atoms with Crippen molar-refractivity contribution in [2.75, 3.05) is 31.7 Å². The third kappa shape index (κ3) is 3.84. The summed E-state index contributed by atoms with van der Waals surface area (Å²) in [5, 5.41) is 0.524. The average molecular weight is 329 g/mol. The molecular formula is C14H17ClN2O3S. The Bertz CT molecular complexity index is 553. The van der Waals surface area contributed by atoms with E-state index in [1.54, 1.807) is 6.07 Å². The van der Waals surface area contributed by atoms with E-state index in [0.717, 1.165) is 5.69 Å². The van der Waals surface area contributed by atoms with Gasteiger partial charge in [-0.25, -0.2) is 0 Å². The summed E-state index contributed by atoms with van der Waals surface area (Å²) in [5.74, 6) is -0.289. The molecule has 7 heteroatoms. The third-order valence-corrected chi connectivity index (χ3v) is 3.86. The quantitative estimate of drug-likeness (QED) is 0.671. The molecule has 114 valence electrons. The number of carbonyl (C=O) groups excluding carboxylic acids is 1. The Morgan fingerprint density at radius 2 is 2.38 bits per heavy atom. The minimum Gasteiger partial charge on any atom is -0.469 e. The van der Waals surface area contributed by atoms with E-state index in [-0.39, 0.29) is 23.5 Å². The van der Waals surface area contributed by atoms with Crippen molar-refractivity contribution in [1.29, 1.82) is 0 Å². The van der Waals surface area contributed by atoms with Crippen LogP contribution in [-0.4, -0.2) is 43.9 Å². The third-order valence-electron chi connectivity index (χ3n) is 3.34. The second kappa shape index (κ2) is 7.06. The number of hydrogen-bond donors (Lipinski definition) is 1. The van der Waals surface area contributed by atoms with Crippen molar-refractivity contribution in [3.63, 3.8) is 0 Å². The molecule has 1 aromatic rings. The number of benzene rings is 1. The predicted molar refractivity (Wildman–Crippen MR) is 85.9 cm³/mol. The Hall–Kier alpha value is -1.37. The van der Waals surface area contributed by atoms with Gasteiger partial charge in [0.2, 0.25) is 0 Å². The first-order valence-electron chi connectivity index (χ1n) is 6.54. The van der Waals surface area contributed by atoms with Crippen molar-refractivity contribution in [3.8, 4) is 0 Å². The highest BCUT2D eigenvalue weighted by molar-refractivity contribution is 7.80. The number of esters is 1. The molecule has 0 aromatic heterocycles. The molecule has 1 aliphatic rings. The molecule has 0 aliphatic carbocycles. The van der Waals surface area contributed by atoms with Gasteiger partial charge in [0.15, 0.2) is 0 Å². The second-order valence-corrected chi connectivity index (χ2v) is 5.56. The minimum atomic E-state index is -0.289. The molecule has 0 bridgehead atoms. The molecule has 1 heterocycles. The number of carbonyl (C=O) groups is 1. The molecule has 0 radical (unpaired) electrons. The molecule has 1 atom stereocenters. The fourth-order valence-electron chi connectivity index (χ4n) is 2.35. The SMILES string of the molecule is COC(=O)CC1CN(c2cccc(Cl)c2C(N)=S)CCO1. The summed E-state index contributed by atoms with van der Waals surface area (Å²) in [5.41, 5.74) is 7.30. The molecule has 1 aliphatic heterocycles. The summed E-state index contributed by atoms with van der Waals surface area (Å²) in [6, 6.07) is 5.52. The maximum atomic E-state index is 11.4. The molecule has 21 heavy (non-hydrogen) atoms. The van der Waals surface area contributed by atoms with E-state index in [1.165, 1.54) is 7.11 Å². The van der Waals surface area contributed by atoms with Gasteiger partial charge in [-0.05, 0) is 12.1 Å². The number of rotatable bonds is 4. The van der Waals surface area contributed by atoms with Crippen molar-refractivity contribution in [3.05, 3.63) is 28.8 Å². The minimum absolute atomic E-state index is 0.218. The number of halogens is 1. The zero-order chi connectivity index (χ0) is 15.4. The van der Waals surface area contributed by atoms with Gasteiger partial charge in [0, 0.05) is 18.8 Å². The molecule has 2 rings (SSSR count). The lowest BCUT2D eigenvalue weighted by Crippen LogP contribution is -2.44. The Morgan fingerprint density at radius 1 is 1.62 bits per heavy atom. The first kappa shape index (κ1) is 16.0. The number of nitrogens with zero attached hydrogens (tertiary/aromatic N) is 1. The number of hydrogen-bond acceptors (Lipinski definition) is 5. The van der Waals surface area contributed by atoms with Crippen molar-refractivity contribution < 1.29 is 14.3 Å². The van der Waals surface area contributed by atoms with Gasteiger partial charge >= 0.3 is 5.97 Å². The lowest BCUT2D eigenvalue weighted by atomic mass is 10.1. The Morgan fingerprint density at radius 3 is 3.05 bits per heavy atom. The number of nitrogens with two attached hydrogens (primary N) is 1. The maximum absolute atomic E-state index is 11.4. The summed E-state index contributed by atoms with van der Waals surface area (Å²) < 4.78 is 10.3. The van der Waals surface area contributed by atoms with Crippen LogP contribution < -0.4 is 10.6 Å². The first-order valence-corrected chi connectivity index (χ1v) is 7.33. The van der Waals surface area contributed by atoms with Gasteiger partial charge in [0.25, 0.3) is 0 Å². The highest BCUT2D eigenvalue weighted by Crippen LogP contribution is 2.29. The number of thiocarbonyl (C=S) groups is 1. The average Bonchev–Trinajstić information content (AvgIpc) is 2.46. The number of ether oxygens (including phenoxy) is 2. The monoisotopic (exact) mass is 328 g/mol. The van der Waals surface area contributed by atoms with Crippen LogP contribution in [-0.2, 0) is 14.3 Å². The summed E-state index contributed by atoms with van der Waals surface area (Å²) >= 11 is 11.3. The van der Waals surface area contributed by atoms with Gasteiger partial charge in [0.05, 0.1) is 36.8 Å². The van der Waals surface area contributed by atoms with Gasteiger partial charge in [-0.3, -0.25) is 4.79 Å². The zero-order valence-electron chi connectivity index (χ0n) is 11.7. The molecule has 0 amide bonds. The van der Waals surface area contributed by atoms with Crippen LogP contribution in [0.2, 0.25) is 5.02 Å². The van der Waals surface area contributed by atoms with Crippen molar-refractivity contribution in [2.45, 2.75) is 12.5 Å². The summed E-state index contributed by atoms with van der Waals surface area (Å²) in [6.07, 6.45) is 0.0000557. The largest absolute Gasteiger partial charge is 0.469 e. The van der Waals surface area contributed by atoms with E-state index in [9.17, 15) is 4.79 Å². The Labute approximate surface area is 133 Å². The van der Waals surface area contributed by atoms with E-state index < -0.39 is 0 Å². The summed E-state index contributed by atoms with van der Waals surface area (Å²) in [6.45, 7) is 1.77. The van der Waals surface area contributed by atoms with Crippen LogP contribution in [0.25, 0.3) is 0 Å². The van der Waals surface area contributed by atoms with Gasteiger partial charge < -0.3 is 20.1 Å². The van der Waals surface area contributed by atoms with Gasteiger partial charge in [0.1, 0.15) is 4.99 Å². The smallest absolute Gasteiger partial charge is 0.308 e. The number of anilines is 1. The second-order valence-electron chi connectivity index (χ2n) is 4.72. The van der Waals surface area contributed by atoms with Crippen LogP contribution in [0.15, 0.2) is 18.2 Å². The van der Waals surface area contributed by atoms with Crippen molar-refractivity contribution >= 4 is 40.5 Å². The first-order chi connectivity index (χ1) is 10.0. The van der Waals surface area contributed by atoms with E-state index in [0.29, 0.717) is 30.3 Å². The van der Waals surface area contributed by atoms with Crippen molar-refractivity contribution in [1.82, 2.24) is 0 Å². The summed E-state index contributed by atoms with van der Waals surface area (Å²) in [4.78, 5) is 13.7. The Balaban J connectivity index is 2.20. The van der Waals surface area contributed by atoms with Crippen LogP contribution in [0.3, 0.4) is 0 Å². The highest BCUT2D eigenvalue weighted by Gasteiger charge is 2.25. The molecule has 1 unspecified atom stereocenters. The van der Waals surface area contributed by atoms with Gasteiger partial charge in [-0.15, -0.1) is 0 Å². The predicted octanol–water partition coefficient (Wildman–Crippen LogP) is 1.74. The van der Waals surface area contributed by atoms with E-state index in [1.807, 2.05) is 12.1 Å². The lowest BCUT2D eigenvalue weighted by Gasteiger charge is -2.35. The topological polar surface area (TPSA) is 64.8 Å².